The molecule has 1 fully saturated rings. The summed E-state index contributed by atoms with van der Waals surface area (Å²) in [5, 5.41) is 13.5. The van der Waals surface area contributed by atoms with Gasteiger partial charge in [-0.3, -0.25) is 4.79 Å². The molecule has 0 saturated heterocycles. The summed E-state index contributed by atoms with van der Waals surface area (Å²) in [5.41, 5.74) is 1.89. The van der Waals surface area contributed by atoms with Crippen molar-refractivity contribution in [2.75, 3.05) is 5.32 Å². The Balaban J connectivity index is 1.68. The largest absolute Gasteiger partial charge is 0.481 e. The summed E-state index contributed by atoms with van der Waals surface area (Å²) in [6.07, 6.45) is 5.05. The number of hydrogen-bond acceptors (Lipinski definition) is 3. The minimum absolute atomic E-state index is 0.167. The molecule has 0 amide bonds. The predicted octanol–water partition coefficient (Wildman–Crippen LogP) is 3.49. The fourth-order valence-corrected chi connectivity index (χ4v) is 2.79. The van der Waals surface area contributed by atoms with E-state index in [-0.39, 0.29) is 5.92 Å². The highest BCUT2D eigenvalue weighted by Gasteiger charge is 2.26. The van der Waals surface area contributed by atoms with Gasteiger partial charge in [0.25, 0.3) is 0 Å². The number of nitrogens with one attached hydrogen (secondary N) is 1. The molecule has 1 aliphatic rings. The SMILES string of the molecule is O=C(O)C1CCC(Nc2coc3ccccc23)CC1. The third-order valence-electron chi connectivity index (χ3n) is 3.92. The number of carboxylic acids is 1. The minimum atomic E-state index is -0.660. The van der Waals surface area contributed by atoms with Crippen LogP contribution in [-0.4, -0.2) is 17.1 Å². The maximum atomic E-state index is 10.9. The number of carbonyl (C=O) groups is 1. The molecule has 0 spiro atoms. The zero-order chi connectivity index (χ0) is 13.2. The highest BCUT2D eigenvalue weighted by atomic mass is 16.4. The molecular weight excluding hydrogens is 242 g/mol. The lowest BCUT2D eigenvalue weighted by molar-refractivity contribution is -0.142. The molecule has 19 heavy (non-hydrogen) atoms. The second-order valence-corrected chi connectivity index (χ2v) is 5.18. The lowest BCUT2D eigenvalue weighted by atomic mass is 9.86. The van der Waals surface area contributed by atoms with Gasteiger partial charge in [0.15, 0.2) is 0 Å². The van der Waals surface area contributed by atoms with E-state index < -0.39 is 5.97 Å². The van der Waals surface area contributed by atoms with Crippen molar-refractivity contribution in [3.8, 4) is 0 Å². The number of rotatable bonds is 3. The molecule has 1 heterocycles. The second kappa shape index (κ2) is 4.96. The van der Waals surface area contributed by atoms with Crippen LogP contribution in [-0.2, 0) is 4.79 Å². The van der Waals surface area contributed by atoms with Gasteiger partial charge in [-0.2, -0.15) is 0 Å². The Morgan fingerprint density at radius 3 is 2.68 bits per heavy atom. The monoisotopic (exact) mass is 259 g/mol. The van der Waals surface area contributed by atoms with Gasteiger partial charge in [0, 0.05) is 11.4 Å². The van der Waals surface area contributed by atoms with E-state index in [0.29, 0.717) is 6.04 Å². The third kappa shape index (κ3) is 2.43. The van der Waals surface area contributed by atoms with Crippen LogP contribution < -0.4 is 5.32 Å². The molecule has 1 aromatic carbocycles. The minimum Gasteiger partial charge on any atom is -0.481 e. The topological polar surface area (TPSA) is 62.5 Å². The Hall–Kier alpha value is -1.97. The molecule has 2 aromatic rings. The molecule has 1 saturated carbocycles. The van der Waals surface area contributed by atoms with Gasteiger partial charge in [0.1, 0.15) is 11.8 Å². The summed E-state index contributed by atoms with van der Waals surface area (Å²) in [5.74, 6) is -0.827. The van der Waals surface area contributed by atoms with E-state index in [1.54, 1.807) is 6.26 Å². The Bertz CT molecular complexity index is 582. The third-order valence-corrected chi connectivity index (χ3v) is 3.92. The van der Waals surface area contributed by atoms with Crippen molar-refractivity contribution < 1.29 is 14.3 Å². The van der Waals surface area contributed by atoms with E-state index in [9.17, 15) is 4.79 Å². The molecule has 1 aliphatic carbocycles. The molecule has 0 bridgehead atoms. The summed E-state index contributed by atoms with van der Waals surface area (Å²) in [6.45, 7) is 0. The van der Waals surface area contributed by atoms with Crippen molar-refractivity contribution in [3.63, 3.8) is 0 Å². The number of hydrogen-bond donors (Lipinski definition) is 2. The van der Waals surface area contributed by atoms with Crippen LogP contribution in [0.25, 0.3) is 11.0 Å². The lowest BCUT2D eigenvalue weighted by Gasteiger charge is -2.27. The zero-order valence-corrected chi connectivity index (χ0v) is 10.6. The second-order valence-electron chi connectivity index (χ2n) is 5.18. The molecule has 4 heteroatoms. The highest BCUT2D eigenvalue weighted by Crippen LogP contribution is 2.30. The average molecular weight is 259 g/mol. The van der Waals surface area contributed by atoms with Crippen LogP contribution >= 0.6 is 0 Å². The first-order valence-electron chi connectivity index (χ1n) is 6.69. The van der Waals surface area contributed by atoms with Gasteiger partial charge in [-0.15, -0.1) is 0 Å². The van der Waals surface area contributed by atoms with Gasteiger partial charge in [-0.05, 0) is 37.8 Å². The van der Waals surface area contributed by atoms with Crippen LogP contribution in [0.4, 0.5) is 5.69 Å². The molecule has 2 N–H and O–H groups in total. The fraction of sp³-hybridized carbons (Fsp3) is 0.400. The first-order valence-corrected chi connectivity index (χ1v) is 6.69. The van der Waals surface area contributed by atoms with E-state index >= 15 is 0 Å². The van der Waals surface area contributed by atoms with Gasteiger partial charge < -0.3 is 14.8 Å². The van der Waals surface area contributed by atoms with E-state index in [4.69, 9.17) is 9.52 Å². The standard InChI is InChI=1S/C15H17NO3/c17-15(18)10-5-7-11(8-6-10)16-13-9-19-14-4-2-1-3-12(13)14/h1-4,9-11,16H,5-8H2,(H,17,18). The number of para-hydroxylation sites is 1. The van der Waals surface area contributed by atoms with Crippen molar-refractivity contribution in [1.82, 2.24) is 0 Å². The van der Waals surface area contributed by atoms with Crippen LogP contribution in [0.15, 0.2) is 34.9 Å². The van der Waals surface area contributed by atoms with Gasteiger partial charge in [0.05, 0.1) is 11.6 Å². The highest BCUT2D eigenvalue weighted by molar-refractivity contribution is 5.90. The number of aliphatic carboxylic acids is 1. The Morgan fingerprint density at radius 2 is 1.95 bits per heavy atom. The summed E-state index contributed by atoms with van der Waals surface area (Å²) >= 11 is 0. The molecule has 0 radical (unpaired) electrons. The number of anilines is 1. The Morgan fingerprint density at radius 1 is 1.21 bits per heavy atom. The number of furan rings is 1. The fourth-order valence-electron chi connectivity index (χ4n) is 2.79. The van der Waals surface area contributed by atoms with Gasteiger partial charge in [-0.25, -0.2) is 0 Å². The predicted molar refractivity (Wildman–Crippen MR) is 73.2 cm³/mol. The number of benzene rings is 1. The smallest absolute Gasteiger partial charge is 0.306 e. The molecule has 100 valence electrons. The van der Waals surface area contributed by atoms with Crippen LogP contribution in [0.5, 0.6) is 0 Å². The molecule has 0 aliphatic heterocycles. The van der Waals surface area contributed by atoms with E-state index in [1.165, 1.54) is 0 Å². The van der Waals surface area contributed by atoms with Crippen molar-refractivity contribution in [1.29, 1.82) is 0 Å². The first kappa shape index (κ1) is 12.1. The van der Waals surface area contributed by atoms with E-state index in [1.807, 2.05) is 24.3 Å². The molecular formula is C15H17NO3. The Kier molecular flexibility index (Phi) is 3.15. The number of carboxylic acid groups (broad SMARTS) is 1. The van der Waals surface area contributed by atoms with Crippen molar-refractivity contribution >= 4 is 22.6 Å². The van der Waals surface area contributed by atoms with Crippen LogP contribution in [0.1, 0.15) is 25.7 Å². The average Bonchev–Trinajstić information content (AvgIpc) is 2.83. The van der Waals surface area contributed by atoms with Gasteiger partial charge in [-0.1, -0.05) is 12.1 Å². The van der Waals surface area contributed by atoms with E-state index in [2.05, 4.69) is 5.32 Å². The molecule has 0 unspecified atom stereocenters. The maximum absolute atomic E-state index is 10.9. The van der Waals surface area contributed by atoms with Crippen molar-refractivity contribution in [2.45, 2.75) is 31.7 Å². The quantitative estimate of drug-likeness (QED) is 0.885. The molecule has 0 atom stereocenters. The zero-order valence-electron chi connectivity index (χ0n) is 10.6. The molecule has 1 aromatic heterocycles. The van der Waals surface area contributed by atoms with Crippen LogP contribution in [0, 0.1) is 5.92 Å². The summed E-state index contributed by atoms with van der Waals surface area (Å²) in [4.78, 5) is 10.9. The molecule has 3 rings (SSSR count). The van der Waals surface area contributed by atoms with Gasteiger partial charge >= 0.3 is 5.97 Å². The van der Waals surface area contributed by atoms with Gasteiger partial charge in [0.2, 0.25) is 0 Å². The number of fused-ring (bicyclic) bond motifs is 1. The Labute approximate surface area is 111 Å². The summed E-state index contributed by atoms with van der Waals surface area (Å²) in [6, 6.07) is 8.26. The first-order chi connectivity index (χ1) is 9.24. The van der Waals surface area contributed by atoms with Crippen LogP contribution in [0.2, 0.25) is 0 Å². The lowest BCUT2D eigenvalue weighted by Crippen LogP contribution is -2.29. The van der Waals surface area contributed by atoms with E-state index in [0.717, 1.165) is 42.3 Å². The molecule has 4 nitrogen and oxygen atoms in total. The normalized spacial score (nSPS) is 23.4. The van der Waals surface area contributed by atoms with Crippen LogP contribution in [0.3, 0.4) is 0 Å². The maximum Gasteiger partial charge on any atom is 0.306 e. The van der Waals surface area contributed by atoms with Crippen molar-refractivity contribution in [2.24, 2.45) is 5.92 Å². The van der Waals surface area contributed by atoms with Crippen molar-refractivity contribution in [3.05, 3.63) is 30.5 Å². The summed E-state index contributed by atoms with van der Waals surface area (Å²) < 4.78 is 5.49. The summed E-state index contributed by atoms with van der Waals surface area (Å²) in [7, 11) is 0.